The molecule has 0 saturated carbocycles. The van der Waals surface area contributed by atoms with Gasteiger partial charge >= 0.3 is 0 Å². The largest absolute Gasteiger partial charge is 0.380 e. The number of imidazole rings is 1. The topological polar surface area (TPSA) is 61.3 Å². The summed E-state index contributed by atoms with van der Waals surface area (Å²) in [7, 11) is 0. The molecule has 0 radical (unpaired) electrons. The molecule has 4 rings (SSSR count). The Morgan fingerprint density at radius 2 is 1.74 bits per heavy atom. The van der Waals surface area contributed by atoms with Crippen LogP contribution in [-0.4, -0.2) is 27.8 Å². The van der Waals surface area contributed by atoms with Gasteiger partial charge in [0.2, 0.25) is 0 Å². The minimum atomic E-state index is -1.31. The Kier molecular flexibility index (Phi) is 4.69. The van der Waals surface area contributed by atoms with E-state index in [1.54, 1.807) is 24.5 Å². The summed E-state index contributed by atoms with van der Waals surface area (Å²) >= 11 is 0. The Hall–Kier alpha value is -3.05. The summed E-state index contributed by atoms with van der Waals surface area (Å²) in [6.07, 6.45) is 8.40. The maximum absolute atomic E-state index is 13.4. The second-order valence-corrected chi connectivity index (χ2v) is 6.65. The third kappa shape index (κ3) is 3.59. The summed E-state index contributed by atoms with van der Waals surface area (Å²) in [6, 6.07) is 13.8. The third-order valence-corrected chi connectivity index (χ3v) is 4.92. The van der Waals surface area contributed by atoms with E-state index in [4.69, 9.17) is 0 Å². The molecule has 1 aromatic heterocycles. The molecule has 1 atom stereocenters. The molecule has 1 aliphatic heterocycles. The van der Waals surface area contributed by atoms with Crippen LogP contribution in [0.1, 0.15) is 28.9 Å². The van der Waals surface area contributed by atoms with Crippen molar-refractivity contribution in [2.75, 3.05) is 6.54 Å². The SMILES string of the molecule is OC(Cc1ncc[nH]1)(c1ccc(F)cc1)c1ccc(C2=CC=NCC2)cc1. The molecule has 0 bridgehead atoms. The van der Waals surface area contributed by atoms with Crippen LogP contribution in [0.5, 0.6) is 0 Å². The lowest BCUT2D eigenvalue weighted by Gasteiger charge is -2.29. The van der Waals surface area contributed by atoms with E-state index in [1.165, 1.54) is 17.7 Å². The molecule has 0 amide bonds. The van der Waals surface area contributed by atoms with E-state index in [2.05, 4.69) is 15.0 Å². The van der Waals surface area contributed by atoms with Gasteiger partial charge in [0.15, 0.2) is 0 Å². The molecule has 136 valence electrons. The van der Waals surface area contributed by atoms with Gasteiger partial charge in [0.25, 0.3) is 0 Å². The first-order valence-electron chi connectivity index (χ1n) is 8.92. The van der Waals surface area contributed by atoms with Gasteiger partial charge in [0.1, 0.15) is 17.2 Å². The fraction of sp³-hybridized carbons (Fsp3) is 0.182. The van der Waals surface area contributed by atoms with E-state index in [0.29, 0.717) is 11.4 Å². The number of aliphatic hydroxyl groups is 1. The van der Waals surface area contributed by atoms with E-state index >= 15 is 0 Å². The summed E-state index contributed by atoms with van der Waals surface area (Å²) in [5.74, 6) is 0.331. The standard InChI is InChI=1S/C22H20FN3O/c23-20-7-5-19(6-8-20)22(27,15-21-25-13-14-26-21)18-3-1-16(2-4-18)17-9-11-24-12-10-17/h1-9,11,13-14,27H,10,12,15H2,(H,25,26). The number of benzene rings is 2. The van der Waals surface area contributed by atoms with Crippen LogP contribution in [0.2, 0.25) is 0 Å². The van der Waals surface area contributed by atoms with E-state index in [-0.39, 0.29) is 12.2 Å². The Balaban J connectivity index is 1.72. The van der Waals surface area contributed by atoms with Gasteiger partial charge in [-0.2, -0.15) is 0 Å². The number of halogens is 1. The molecular weight excluding hydrogens is 341 g/mol. The number of nitrogens with one attached hydrogen (secondary N) is 1. The van der Waals surface area contributed by atoms with E-state index in [1.807, 2.05) is 36.6 Å². The van der Waals surface area contributed by atoms with Crippen LogP contribution in [0, 0.1) is 5.82 Å². The average molecular weight is 361 g/mol. The lowest BCUT2D eigenvalue weighted by atomic mass is 9.82. The first-order valence-corrected chi connectivity index (χ1v) is 8.92. The molecule has 0 spiro atoms. The maximum Gasteiger partial charge on any atom is 0.123 e. The summed E-state index contributed by atoms with van der Waals surface area (Å²) in [6.45, 7) is 0.797. The molecule has 0 saturated heterocycles. The second kappa shape index (κ2) is 7.29. The van der Waals surface area contributed by atoms with Crippen molar-refractivity contribution in [2.45, 2.75) is 18.4 Å². The van der Waals surface area contributed by atoms with Gasteiger partial charge in [-0.15, -0.1) is 0 Å². The zero-order chi connectivity index (χ0) is 18.7. The molecule has 0 aliphatic carbocycles. The molecule has 4 nitrogen and oxygen atoms in total. The number of aromatic nitrogens is 2. The Morgan fingerprint density at radius 1 is 1.04 bits per heavy atom. The Bertz CT molecular complexity index is 960. The number of allylic oxidation sites excluding steroid dienone is 1. The molecule has 5 heteroatoms. The van der Waals surface area contributed by atoms with Crippen LogP contribution in [0.3, 0.4) is 0 Å². The average Bonchev–Trinajstić information content (AvgIpc) is 3.22. The van der Waals surface area contributed by atoms with Gasteiger partial charge in [-0.25, -0.2) is 9.37 Å². The van der Waals surface area contributed by atoms with Crippen molar-refractivity contribution >= 4 is 11.8 Å². The smallest absolute Gasteiger partial charge is 0.123 e. The summed E-state index contributed by atoms with van der Waals surface area (Å²) in [5.41, 5.74) is 2.39. The highest BCUT2D eigenvalue weighted by Crippen LogP contribution is 2.34. The number of H-pyrrole nitrogens is 1. The third-order valence-electron chi connectivity index (χ3n) is 4.92. The van der Waals surface area contributed by atoms with Crippen molar-refractivity contribution in [1.82, 2.24) is 9.97 Å². The van der Waals surface area contributed by atoms with Crippen LogP contribution in [0.4, 0.5) is 4.39 Å². The minimum absolute atomic E-state index is 0.264. The number of nitrogens with zero attached hydrogens (tertiary/aromatic N) is 2. The zero-order valence-corrected chi connectivity index (χ0v) is 14.8. The monoisotopic (exact) mass is 361 g/mol. The van der Waals surface area contributed by atoms with Gasteiger partial charge in [-0.05, 0) is 46.9 Å². The summed E-state index contributed by atoms with van der Waals surface area (Å²) < 4.78 is 13.4. The van der Waals surface area contributed by atoms with Crippen molar-refractivity contribution < 1.29 is 9.50 Å². The highest BCUT2D eigenvalue weighted by atomic mass is 19.1. The molecule has 2 N–H and O–H groups in total. The van der Waals surface area contributed by atoms with Crippen molar-refractivity contribution in [2.24, 2.45) is 4.99 Å². The number of aliphatic imine (C=N–C) groups is 1. The molecular formula is C22H20FN3O. The minimum Gasteiger partial charge on any atom is -0.380 e. The molecule has 2 heterocycles. The van der Waals surface area contributed by atoms with Gasteiger partial charge in [-0.1, -0.05) is 36.4 Å². The number of dihydropyridines is 1. The van der Waals surface area contributed by atoms with Crippen molar-refractivity contribution in [3.63, 3.8) is 0 Å². The maximum atomic E-state index is 13.4. The molecule has 1 aliphatic rings. The van der Waals surface area contributed by atoms with Crippen LogP contribution in [0.25, 0.3) is 5.57 Å². The second-order valence-electron chi connectivity index (χ2n) is 6.65. The zero-order valence-electron chi connectivity index (χ0n) is 14.8. The first kappa shape index (κ1) is 17.4. The summed E-state index contributed by atoms with van der Waals surface area (Å²) in [4.78, 5) is 11.5. The van der Waals surface area contributed by atoms with Crippen molar-refractivity contribution in [3.8, 4) is 0 Å². The number of hydrogen-bond donors (Lipinski definition) is 2. The number of rotatable bonds is 5. The Labute approximate surface area is 157 Å². The predicted octanol–water partition coefficient (Wildman–Crippen LogP) is 3.89. The fourth-order valence-electron chi connectivity index (χ4n) is 3.42. The van der Waals surface area contributed by atoms with Gasteiger partial charge in [0.05, 0.1) is 0 Å². The summed E-state index contributed by atoms with van der Waals surface area (Å²) in [5, 5.41) is 11.6. The first-order chi connectivity index (χ1) is 13.1. The van der Waals surface area contributed by atoms with Gasteiger partial charge in [0, 0.05) is 31.6 Å². The van der Waals surface area contributed by atoms with Crippen LogP contribution in [0.15, 0.2) is 72.0 Å². The molecule has 0 fully saturated rings. The van der Waals surface area contributed by atoms with Crippen LogP contribution < -0.4 is 0 Å². The van der Waals surface area contributed by atoms with Crippen LogP contribution in [-0.2, 0) is 12.0 Å². The Morgan fingerprint density at radius 3 is 2.33 bits per heavy atom. The lowest BCUT2D eigenvalue weighted by molar-refractivity contribution is 0.0790. The van der Waals surface area contributed by atoms with E-state index < -0.39 is 5.60 Å². The molecule has 2 aromatic carbocycles. The van der Waals surface area contributed by atoms with Gasteiger partial charge in [-0.3, -0.25) is 4.99 Å². The van der Waals surface area contributed by atoms with Crippen molar-refractivity contribution in [1.29, 1.82) is 0 Å². The van der Waals surface area contributed by atoms with Crippen molar-refractivity contribution in [3.05, 3.63) is 95.3 Å². The number of aromatic amines is 1. The predicted molar refractivity (Wildman–Crippen MR) is 104 cm³/mol. The molecule has 3 aromatic rings. The quantitative estimate of drug-likeness (QED) is 0.724. The van der Waals surface area contributed by atoms with E-state index in [9.17, 15) is 9.50 Å². The fourth-order valence-corrected chi connectivity index (χ4v) is 3.42. The number of hydrogen-bond acceptors (Lipinski definition) is 3. The molecule has 27 heavy (non-hydrogen) atoms. The molecule has 1 unspecified atom stereocenters. The van der Waals surface area contributed by atoms with Crippen LogP contribution >= 0.6 is 0 Å². The highest BCUT2D eigenvalue weighted by molar-refractivity contribution is 5.86. The highest BCUT2D eigenvalue weighted by Gasteiger charge is 2.33. The lowest BCUT2D eigenvalue weighted by Crippen LogP contribution is -2.30. The van der Waals surface area contributed by atoms with E-state index in [0.717, 1.165) is 24.1 Å². The normalized spacial score (nSPS) is 16.0. The van der Waals surface area contributed by atoms with Gasteiger partial charge < -0.3 is 10.1 Å².